The van der Waals surface area contributed by atoms with Crippen LogP contribution in [0.25, 0.3) is 11.1 Å². The van der Waals surface area contributed by atoms with E-state index >= 15 is 0 Å². The van der Waals surface area contributed by atoms with Crippen molar-refractivity contribution in [3.63, 3.8) is 0 Å². The van der Waals surface area contributed by atoms with E-state index in [-0.39, 0.29) is 17.1 Å². The van der Waals surface area contributed by atoms with Crippen molar-refractivity contribution in [2.45, 2.75) is 6.54 Å². The normalized spacial score (nSPS) is 10.5. The molecule has 0 fully saturated rings. The maximum atomic E-state index is 2.34. The predicted molar refractivity (Wildman–Crippen MR) is 146 cm³/mol. The molecule has 5 aromatic rings. The van der Waals surface area contributed by atoms with Gasteiger partial charge in [-0.15, -0.1) is 35.4 Å². The molecule has 0 atom stereocenters. The van der Waals surface area contributed by atoms with Gasteiger partial charge in [0.2, 0.25) is 0 Å². The maximum absolute atomic E-state index is 2.34. The van der Waals surface area contributed by atoms with Gasteiger partial charge in [-0.2, -0.15) is 18.2 Å². The third kappa shape index (κ3) is 6.89. The van der Waals surface area contributed by atoms with Gasteiger partial charge in [-0.25, -0.2) is 12.1 Å². The molecule has 0 heterocycles. The van der Waals surface area contributed by atoms with E-state index in [4.69, 9.17) is 0 Å². The SMILES string of the molecule is CN(C)Cc1cc[c-](-c2ccccc2P(c2ccccc2)c2ccccc2)c1.[Fe+2].c1cc[cH-]c1. The summed E-state index contributed by atoms with van der Waals surface area (Å²) in [6, 6.07) is 47.6. The molecule has 0 N–H and O–H groups in total. The van der Waals surface area contributed by atoms with Crippen molar-refractivity contribution in [3.8, 4) is 11.1 Å². The van der Waals surface area contributed by atoms with Gasteiger partial charge >= 0.3 is 17.1 Å². The second-order valence-corrected chi connectivity index (χ2v) is 10.4. The molecular weight excluding hydrogens is 473 g/mol. The summed E-state index contributed by atoms with van der Waals surface area (Å²) in [7, 11) is 3.62. The summed E-state index contributed by atoms with van der Waals surface area (Å²) in [6.45, 7) is 0.967. The molecule has 0 aliphatic carbocycles. The van der Waals surface area contributed by atoms with Gasteiger partial charge in [-0.1, -0.05) is 89.7 Å². The van der Waals surface area contributed by atoms with Crippen LogP contribution in [0, 0.1) is 0 Å². The molecular formula is C31H30FeNP. The molecule has 5 rings (SSSR count). The van der Waals surface area contributed by atoms with E-state index in [1.54, 1.807) is 0 Å². The number of rotatable bonds is 6. The Morgan fingerprint density at radius 3 is 1.79 bits per heavy atom. The molecule has 0 unspecified atom stereocenters. The first-order valence-electron chi connectivity index (χ1n) is 11.3. The van der Waals surface area contributed by atoms with Gasteiger partial charge in [0.15, 0.2) is 0 Å². The summed E-state index contributed by atoms with van der Waals surface area (Å²) in [6.07, 6.45) is 0. The molecule has 0 spiro atoms. The van der Waals surface area contributed by atoms with Crippen molar-refractivity contribution >= 4 is 23.8 Å². The van der Waals surface area contributed by atoms with Crippen LogP contribution in [0.4, 0.5) is 0 Å². The Labute approximate surface area is 216 Å². The zero-order chi connectivity index (χ0) is 22.9. The van der Waals surface area contributed by atoms with Crippen LogP contribution in [-0.4, -0.2) is 19.0 Å². The molecule has 5 aromatic carbocycles. The van der Waals surface area contributed by atoms with Crippen molar-refractivity contribution in [2.24, 2.45) is 0 Å². The van der Waals surface area contributed by atoms with E-state index in [2.05, 4.69) is 122 Å². The number of benzene rings is 3. The third-order valence-electron chi connectivity index (χ3n) is 5.36. The molecule has 3 heteroatoms. The van der Waals surface area contributed by atoms with Gasteiger partial charge in [0.1, 0.15) is 0 Å². The molecule has 0 aromatic heterocycles. The Kier molecular flexibility index (Phi) is 10.1. The summed E-state index contributed by atoms with van der Waals surface area (Å²) < 4.78 is 0. The van der Waals surface area contributed by atoms with Crippen molar-refractivity contribution in [1.82, 2.24) is 4.90 Å². The van der Waals surface area contributed by atoms with Crippen LogP contribution in [0.1, 0.15) is 5.56 Å². The summed E-state index contributed by atoms with van der Waals surface area (Å²) in [5, 5.41) is 4.18. The minimum atomic E-state index is -0.608. The van der Waals surface area contributed by atoms with Crippen molar-refractivity contribution < 1.29 is 17.1 Å². The van der Waals surface area contributed by atoms with Crippen LogP contribution in [0.15, 0.2) is 133 Å². The molecule has 0 radical (unpaired) electrons. The van der Waals surface area contributed by atoms with Crippen LogP contribution in [0.5, 0.6) is 0 Å². The molecule has 0 amide bonds. The third-order valence-corrected chi connectivity index (χ3v) is 7.86. The van der Waals surface area contributed by atoms with Crippen LogP contribution in [0.2, 0.25) is 0 Å². The largest absolute Gasteiger partial charge is 2.00 e. The minimum Gasteiger partial charge on any atom is -0.313 e. The first-order valence-corrected chi connectivity index (χ1v) is 12.6. The second kappa shape index (κ2) is 13.2. The van der Waals surface area contributed by atoms with E-state index < -0.39 is 7.92 Å². The first-order chi connectivity index (χ1) is 16.2. The van der Waals surface area contributed by atoms with Gasteiger partial charge in [0.05, 0.1) is 0 Å². The zero-order valence-corrected chi connectivity index (χ0v) is 21.7. The first kappa shape index (κ1) is 25.9. The Bertz CT molecular complexity index is 1150. The summed E-state index contributed by atoms with van der Waals surface area (Å²) in [4.78, 5) is 2.21. The maximum Gasteiger partial charge on any atom is 2.00 e. The van der Waals surface area contributed by atoms with Crippen molar-refractivity contribution in [1.29, 1.82) is 0 Å². The van der Waals surface area contributed by atoms with E-state index in [9.17, 15) is 0 Å². The summed E-state index contributed by atoms with van der Waals surface area (Å²) in [5.41, 5.74) is 4.01. The fourth-order valence-electron chi connectivity index (χ4n) is 3.94. The Balaban J connectivity index is 0.000000481. The summed E-state index contributed by atoms with van der Waals surface area (Å²) in [5.74, 6) is 0. The average molecular weight is 503 g/mol. The van der Waals surface area contributed by atoms with Gasteiger partial charge in [-0.05, 0) is 39.2 Å². The molecule has 0 bridgehead atoms. The fraction of sp³-hybridized carbons (Fsp3) is 0.0968. The number of hydrogen-bond acceptors (Lipinski definition) is 1. The molecule has 0 aliphatic heterocycles. The minimum absolute atomic E-state index is 0. The van der Waals surface area contributed by atoms with E-state index in [1.165, 1.54) is 32.6 Å². The fourth-order valence-corrected chi connectivity index (χ4v) is 6.41. The predicted octanol–water partition coefficient (Wildman–Crippen LogP) is 6.30. The molecule has 0 saturated carbocycles. The zero-order valence-electron chi connectivity index (χ0n) is 19.7. The number of hydrogen-bond donors (Lipinski definition) is 0. The van der Waals surface area contributed by atoms with Gasteiger partial charge in [0.25, 0.3) is 0 Å². The van der Waals surface area contributed by atoms with Crippen LogP contribution >= 0.6 is 7.92 Å². The molecule has 0 saturated heterocycles. The van der Waals surface area contributed by atoms with Crippen LogP contribution in [0.3, 0.4) is 0 Å². The van der Waals surface area contributed by atoms with Crippen LogP contribution in [-0.2, 0) is 23.6 Å². The standard InChI is InChI=1S/C26H25NP.C5H5.Fe/c1-27(2)20-21-17-18-22(19-21)25-15-9-10-16-26(25)28(23-11-5-3-6-12-23)24-13-7-4-8-14-24;1-2-4-5-3-1;/h3-19H,20H2,1-2H3;1-5H;/q2*-1;+2. The van der Waals surface area contributed by atoms with Gasteiger partial charge in [-0.3, -0.25) is 0 Å². The Morgan fingerprint density at radius 2 is 1.26 bits per heavy atom. The number of nitrogens with zero attached hydrogens (tertiary/aromatic N) is 1. The topological polar surface area (TPSA) is 3.24 Å². The average Bonchev–Trinajstić information content (AvgIpc) is 3.57. The molecule has 0 aliphatic rings. The quantitative estimate of drug-likeness (QED) is 0.150. The second-order valence-electron chi connectivity index (χ2n) is 8.23. The molecule has 34 heavy (non-hydrogen) atoms. The monoisotopic (exact) mass is 503 g/mol. The summed E-state index contributed by atoms with van der Waals surface area (Å²) >= 11 is 0. The van der Waals surface area contributed by atoms with Crippen LogP contribution < -0.4 is 15.9 Å². The van der Waals surface area contributed by atoms with Gasteiger partial charge < -0.3 is 4.90 Å². The smallest absolute Gasteiger partial charge is 0.313 e. The Hall–Kier alpha value is -2.73. The van der Waals surface area contributed by atoms with Crippen molar-refractivity contribution in [3.05, 3.63) is 139 Å². The van der Waals surface area contributed by atoms with Crippen molar-refractivity contribution in [2.75, 3.05) is 14.1 Å². The van der Waals surface area contributed by atoms with Gasteiger partial charge in [0, 0.05) is 0 Å². The molecule has 172 valence electrons. The molecule has 1 nitrogen and oxygen atoms in total. The van der Waals surface area contributed by atoms with E-state index in [0.717, 1.165) is 6.54 Å². The Morgan fingerprint density at radius 1 is 0.706 bits per heavy atom. The van der Waals surface area contributed by atoms with E-state index in [1.807, 2.05) is 30.3 Å². The van der Waals surface area contributed by atoms with E-state index in [0.29, 0.717) is 0 Å².